The maximum atomic E-state index is 13.0. The van der Waals surface area contributed by atoms with Crippen LogP contribution in [0.1, 0.15) is 34.3 Å². The first-order chi connectivity index (χ1) is 15.1. The highest BCUT2D eigenvalue weighted by atomic mass is 16.5. The van der Waals surface area contributed by atoms with Crippen LogP contribution in [-0.2, 0) is 27.3 Å². The van der Waals surface area contributed by atoms with Gasteiger partial charge in [-0.2, -0.15) is 0 Å². The number of methoxy groups -OCH3 is 3. The van der Waals surface area contributed by atoms with E-state index in [1.54, 1.807) is 20.3 Å². The summed E-state index contributed by atoms with van der Waals surface area (Å²) in [6.45, 7) is 1.66. The van der Waals surface area contributed by atoms with Gasteiger partial charge in [0.1, 0.15) is 6.04 Å². The van der Waals surface area contributed by atoms with Gasteiger partial charge in [-0.1, -0.05) is 30.3 Å². The Kier molecular flexibility index (Phi) is 7.89. The second-order valence-corrected chi connectivity index (χ2v) is 7.34. The zero-order valence-corrected chi connectivity index (χ0v) is 18.3. The van der Waals surface area contributed by atoms with Gasteiger partial charge in [-0.25, -0.2) is 4.79 Å². The Labute approximate surface area is 182 Å². The molecule has 2 aromatic rings. The Morgan fingerprint density at radius 3 is 2.45 bits per heavy atom. The van der Waals surface area contributed by atoms with Crippen molar-refractivity contribution in [3.63, 3.8) is 0 Å². The average molecular weight is 427 g/mol. The van der Waals surface area contributed by atoms with Crippen molar-refractivity contribution in [3.8, 4) is 11.5 Å². The minimum atomic E-state index is -0.527. The van der Waals surface area contributed by atoms with Crippen LogP contribution < -0.4 is 9.47 Å². The van der Waals surface area contributed by atoms with Crippen molar-refractivity contribution in [2.45, 2.75) is 31.9 Å². The van der Waals surface area contributed by atoms with Gasteiger partial charge in [0.25, 0.3) is 5.91 Å². The summed E-state index contributed by atoms with van der Waals surface area (Å²) < 4.78 is 21.6. The number of likely N-dealkylation sites (tertiary alicyclic amines) is 1. The molecule has 31 heavy (non-hydrogen) atoms. The molecule has 7 heteroatoms. The number of carbonyl (C=O) groups excluding carboxylic acids is 2. The molecule has 3 rings (SSSR count). The quantitative estimate of drug-likeness (QED) is 0.428. The lowest BCUT2D eigenvalue weighted by Gasteiger charge is -2.38. The molecule has 166 valence electrons. The fraction of sp³-hybridized carbons (Fsp3) is 0.417. The van der Waals surface area contributed by atoms with Gasteiger partial charge in [-0.15, -0.1) is 0 Å². The van der Waals surface area contributed by atoms with E-state index >= 15 is 0 Å². The molecule has 1 amide bonds. The average Bonchev–Trinajstić information content (AvgIpc) is 2.77. The summed E-state index contributed by atoms with van der Waals surface area (Å²) in [6.07, 6.45) is 2.03. The van der Waals surface area contributed by atoms with Gasteiger partial charge in [0, 0.05) is 18.7 Å². The third-order valence-corrected chi connectivity index (χ3v) is 5.40. The molecule has 0 radical (unpaired) electrons. The molecule has 0 saturated carbocycles. The second-order valence-electron chi connectivity index (χ2n) is 7.34. The molecule has 1 aliphatic rings. The Hall–Kier alpha value is -3.06. The Balaban J connectivity index is 1.67. The van der Waals surface area contributed by atoms with Crippen molar-refractivity contribution in [2.75, 3.05) is 34.5 Å². The summed E-state index contributed by atoms with van der Waals surface area (Å²) in [5.41, 5.74) is 2.46. The van der Waals surface area contributed by atoms with Crippen molar-refractivity contribution >= 4 is 11.9 Å². The number of hydrogen-bond donors (Lipinski definition) is 0. The maximum Gasteiger partial charge on any atom is 0.328 e. The number of carbonyl (C=O) groups is 2. The highest BCUT2D eigenvalue weighted by Crippen LogP contribution is 2.35. The summed E-state index contributed by atoms with van der Waals surface area (Å²) in [7, 11) is 4.45. The molecule has 1 unspecified atom stereocenters. The van der Waals surface area contributed by atoms with Crippen LogP contribution in [0.3, 0.4) is 0 Å². The van der Waals surface area contributed by atoms with Crippen LogP contribution in [0.25, 0.3) is 0 Å². The zero-order valence-electron chi connectivity index (χ0n) is 18.3. The van der Waals surface area contributed by atoms with Crippen molar-refractivity contribution in [1.82, 2.24) is 4.90 Å². The standard InChI is InChI=1S/C24H29NO6/c1-28-21-15-19(23(26)25-12-11-20(25)24(27)30-3)14-18(22(21)29-2)10-7-13-31-16-17-8-5-4-6-9-17/h4-6,8-9,14-15,20H,7,10-13,16H2,1-3H3. The minimum absolute atomic E-state index is 0.218. The fourth-order valence-corrected chi connectivity index (χ4v) is 3.66. The highest BCUT2D eigenvalue weighted by molar-refractivity contribution is 5.98. The SMILES string of the molecule is COC(=O)C1CCN1C(=O)c1cc(CCCOCc2ccccc2)c(OC)c(OC)c1. The van der Waals surface area contributed by atoms with Crippen LogP contribution in [0, 0.1) is 0 Å². The van der Waals surface area contributed by atoms with E-state index in [9.17, 15) is 9.59 Å². The molecule has 1 saturated heterocycles. The lowest BCUT2D eigenvalue weighted by molar-refractivity contribution is -0.149. The Bertz CT molecular complexity index is 898. The fourth-order valence-electron chi connectivity index (χ4n) is 3.66. The molecular weight excluding hydrogens is 398 g/mol. The van der Waals surface area contributed by atoms with Gasteiger partial charge in [-0.05, 0) is 42.5 Å². The first kappa shape index (κ1) is 22.6. The van der Waals surface area contributed by atoms with E-state index in [1.807, 2.05) is 36.4 Å². The number of rotatable bonds is 10. The topological polar surface area (TPSA) is 74.3 Å². The van der Waals surface area contributed by atoms with Gasteiger partial charge >= 0.3 is 5.97 Å². The summed E-state index contributed by atoms with van der Waals surface area (Å²) in [5.74, 6) is 0.485. The maximum absolute atomic E-state index is 13.0. The molecule has 1 heterocycles. The molecule has 1 fully saturated rings. The lowest BCUT2D eigenvalue weighted by Crippen LogP contribution is -2.55. The molecule has 7 nitrogen and oxygen atoms in total. The van der Waals surface area contributed by atoms with E-state index in [4.69, 9.17) is 18.9 Å². The molecular formula is C24H29NO6. The van der Waals surface area contributed by atoms with E-state index in [0.29, 0.717) is 49.7 Å². The van der Waals surface area contributed by atoms with Crippen LogP contribution in [0.4, 0.5) is 0 Å². The van der Waals surface area contributed by atoms with Crippen molar-refractivity contribution in [3.05, 3.63) is 59.2 Å². The molecule has 0 aliphatic carbocycles. The summed E-state index contributed by atoms with van der Waals surface area (Å²) in [6, 6.07) is 12.9. The van der Waals surface area contributed by atoms with Crippen LogP contribution >= 0.6 is 0 Å². The first-order valence-corrected chi connectivity index (χ1v) is 10.3. The van der Waals surface area contributed by atoms with Crippen LogP contribution in [0.5, 0.6) is 11.5 Å². The Morgan fingerprint density at radius 2 is 1.84 bits per heavy atom. The van der Waals surface area contributed by atoms with E-state index in [1.165, 1.54) is 12.0 Å². The molecule has 1 atom stereocenters. The van der Waals surface area contributed by atoms with Crippen LogP contribution in [-0.4, -0.2) is 57.3 Å². The van der Waals surface area contributed by atoms with Crippen LogP contribution in [0.2, 0.25) is 0 Å². The molecule has 0 bridgehead atoms. The smallest absolute Gasteiger partial charge is 0.328 e. The predicted molar refractivity (Wildman–Crippen MR) is 115 cm³/mol. The van der Waals surface area contributed by atoms with E-state index in [2.05, 4.69) is 0 Å². The number of esters is 1. The van der Waals surface area contributed by atoms with E-state index in [-0.39, 0.29) is 5.91 Å². The molecule has 2 aromatic carbocycles. The normalized spacial score (nSPS) is 15.2. The van der Waals surface area contributed by atoms with Gasteiger partial charge in [0.15, 0.2) is 11.5 Å². The van der Waals surface area contributed by atoms with Crippen molar-refractivity contribution in [1.29, 1.82) is 0 Å². The molecule has 0 spiro atoms. The van der Waals surface area contributed by atoms with Crippen molar-refractivity contribution < 1.29 is 28.5 Å². The third kappa shape index (κ3) is 5.35. The summed E-state index contributed by atoms with van der Waals surface area (Å²) >= 11 is 0. The van der Waals surface area contributed by atoms with Gasteiger partial charge < -0.3 is 23.8 Å². The number of hydrogen-bond acceptors (Lipinski definition) is 6. The Morgan fingerprint density at radius 1 is 1.06 bits per heavy atom. The number of ether oxygens (including phenoxy) is 4. The van der Waals surface area contributed by atoms with Gasteiger partial charge in [-0.3, -0.25) is 4.79 Å². The van der Waals surface area contributed by atoms with E-state index < -0.39 is 12.0 Å². The van der Waals surface area contributed by atoms with Crippen molar-refractivity contribution in [2.24, 2.45) is 0 Å². The minimum Gasteiger partial charge on any atom is -0.493 e. The largest absolute Gasteiger partial charge is 0.493 e. The molecule has 0 aromatic heterocycles. The summed E-state index contributed by atoms with van der Waals surface area (Å²) in [4.78, 5) is 26.4. The lowest BCUT2D eigenvalue weighted by atomic mass is 9.98. The number of amides is 1. The third-order valence-electron chi connectivity index (χ3n) is 5.40. The number of nitrogens with zero attached hydrogens (tertiary/aromatic N) is 1. The number of aryl methyl sites for hydroxylation is 1. The second kappa shape index (κ2) is 10.8. The summed E-state index contributed by atoms with van der Waals surface area (Å²) in [5, 5.41) is 0. The van der Waals surface area contributed by atoms with Gasteiger partial charge in [0.2, 0.25) is 0 Å². The highest BCUT2D eigenvalue weighted by Gasteiger charge is 2.39. The monoisotopic (exact) mass is 427 g/mol. The van der Waals surface area contributed by atoms with Gasteiger partial charge in [0.05, 0.1) is 27.9 Å². The molecule has 0 N–H and O–H groups in total. The first-order valence-electron chi connectivity index (χ1n) is 10.3. The van der Waals surface area contributed by atoms with Crippen LogP contribution in [0.15, 0.2) is 42.5 Å². The van der Waals surface area contributed by atoms with E-state index in [0.717, 1.165) is 17.5 Å². The zero-order chi connectivity index (χ0) is 22.2. The number of benzene rings is 2. The predicted octanol–water partition coefficient (Wildman–Crippen LogP) is 3.24. The molecule has 1 aliphatic heterocycles.